The van der Waals surface area contributed by atoms with Crippen LogP contribution in [0, 0.1) is 0 Å². The van der Waals surface area contributed by atoms with Gasteiger partial charge in [-0.2, -0.15) is 4.98 Å². The van der Waals surface area contributed by atoms with Gasteiger partial charge in [-0.3, -0.25) is 15.1 Å². The second kappa shape index (κ2) is 8.21. The minimum Gasteiger partial charge on any atom is -0.491 e. The molecule has 0 saturated heterocycles. The first-order valence-electron chi connectivity index (χ1n) is 8.22. The van der Waals surface area contributed by atoms with Gasteiger partial charge in [-0.1, -0.05) is 0 Å². The van der Waals surface area contributed by atoms with Gasteiger partial charge in [-0.05, 0) is 31.2 Å². The number of aliphatic hydroxyl groups excluding tert-OH is 1. The normalized spacial score (nSPS) is 10.5. The molecule has 0 radical (unpaired) electrons. The molecule has 0 unspecified atom stereocenters. The topological polar surface area (TPSA) is 109 Å². The molecule has 3 rings (SSSR count). The van der Waals surface area contributed by atoms with Crippen molar-refractivity contribution in [2.75, 3.05) is 30.4 Å². The van der Waals surface area contributed by atoms with E-state index in [2.05, 4.69) is 25.6 Å². The van der Waals surface area contributed by atoms with Crippen LogP contribution in [0.4, 0.5) is 11.8 Å². The number of nitrogens with one attached hydrogen (secondary N) is 2. The minimum absolute atomic E-state index is 0.0725. The van der Waals surface area contributed by atoms with Crippen LogP contribution in [0.15, 0.2) is 42.7 Å². The minimum atomic E-state index is -0.340. The van der Waals surface area contributed by atoms with E-state index in [-0.39, 0.29) is 25.1 Å². The number of hydrogen-bond donors (Lipinski definition) is 3. The van der Waals surface area contributed by atoms with Gasteiger partial charge in [0.2, 0.25) is 5.95 Å². The third kappa shape index (κ3) is 4.04. The lowest BCUT2D eigenvalue weighted by Crippen LogP contribution is -2.15. The summed E-state index contributed by atoms with van der Waals surface area (Å²) < 4.78 is 5.43. The lowest BCUT2D eigenvalue weighted by Gasteiger charge is -2.11. The molecule has 3 aromatic rings. The van der Waals surface area contributed by atoms with Crippen LogP contribution in [-0.4, -0.2) is 45.7 Å². The number of aromatic nitrogens is 3. The van der Waals surface area contributed by atoms with Crippen molar-refractivity contribution < 1.29 is 14.6 Å². The Kier molecular flexibility index (Phi) is 5.55. The third-order valence-corrected chi connectivity index (χ3v) is 3.52. The summed E-state index contributed by atoms with van der Waals surface area (Å²) in [6.45, 7) is 2.75. The standard InChI is InChI=1S/C18H19N5O3/c1-2-20-16-14-6-5-13(26-9-8-24)10-15(14)21-18(22-16)23-17(25)12-4-3-7-19-11-12/h3-7,10-11,24H,2,8-9H2,1H3,(H2,20,21,22,23,25). The van der Waals surface area contributed by atoms with E-state index in [0.717, 1.165) is 5.39 Å². The quantitative estimate of drug-likeness (QED) is 0.596. The highest BCUT2D eigenvalue weighted by Crippen LogP contribution is 2.26. The van der Waals surface area contributed by atoms with Crippen molar-refractivity contribution in [3.63, 3.8) is 0 Å². The van der Waals surface area contributed by atoms with Gasteiger partial charge in [0.05, 0.1) is 17.7 Å². The summed E-state index contributed by atoms with van der Waals surface area (Å²) in [7, 11) is 0. The van der Waals surface area contributed by atoms with E-state index in [9.17, 15) is 4.79 Å². The van der Waals surface area contributed by atoms with Crippen LogP contribution in [0.5, 0.6) is 5.75 Å². The fourth-order valence-electron chi connectivity index (χ4n) is 2.39. The van der Waals surface area contributed by atoms with Gasteiger partial charge in [0.15, 0.2) is 0 Å². The molecule has 1 aromatic carbocycles. The van der Waals surface area contributed by atoms with E-state index in [4.69, 9.17) is 9.84 Å². The van der Waals surface area contributed by atoms with Crippen molar-refractivity contribution in [3.8, 4) is 5.75 Å². The summed E-state index contributed by atoms with van der Waals surface area (Å²) in [5, 5.41) is 15.6. The predicted octanol–water partition coefficient (Wildman–Crippen LogP) is 2.08. The molecule has 0 spiro atoms. The lowest BCUT2D eigenvalue weighted by molar-refractivity contribution is 0.102. The molecule has 0 aliphatic carbocycles. The number of aliphatic hydroxyl groups is 1. The zero-order valence-corrected chi connectivity index (χ0v) is 14.3. The van der Waals surface area contributed by atoms with Crippen molar-refractivity contribution in [2.45, 2.75) is 6.92 Å². The monoisotopic (exact) mass is 353 g/mol. The van der Waals surface area contributed by atoms with Crippen molar-refractivity contribution in [3.05, 3.63) is 48.3 Å². The number of amides is 1. The molecule has 0 bridgehead atoms. The van der Waals surface area contributed by atoms with Crippen molar-refractivity contribution >= 4 is 28.6 Å². The van der Waals surface area contributed by atoms with Crippen LogP contribution >= 0.6 is 0 Å². The fourth-order valence-corrected chi connectivity index (χ4v) is 2.39. The van der Waals surface area contributed by atoms with Crippen LogP contribution < -0.4 is 15.4 Å². The molecule has 8 heteroatoms. The Hall–Kier alpha value is -3.26. The van der Waals surface area contributed by atoms with Gasteiger partial charge in [0.1, 0.15) is 18.2 Å². The van der Waals surface area contributed by atoms with E-state index in [0.29, 0.717) is 29.2 Å². The van der Waals surface area contributed by atoms with Crippen LogP contribution in [0.3, 0.4) is 0 Å². The van der Waals surface area contributed by atoms with E-state index in [1.807, 2.05) is 13.0 Å². The number of carbonyl (C=O) groups is 1. The van der Waals surface area contributed by atoms with Gasteiger partial charge in [0.25, 0.3) is 5.91 Å². The molecule has 134 valence electrons. The number of hydrogen-bond acceptors (Lipinski definition) is 7. The van der Waals surface area contributed by atoms with Crippen LogP contribution in [-0.2, 0) is 0 Å². The highest BCUT2D eigenvalue weighted by molar-refractivity contribution is 6.04. The highest BCUT2D eigenvalue weighted by Gasteiger charge is 2.12. The Morgan fingerprint density at radius 1 is 1.27 bits per heavy atom. The average molecular weight is 353 g/mol. The number of nitrogens with zero attached hydrogens (tertiary/aromatic N) is 3. The van der Waals surface area contributed by atoms with Crippen molar-refractivity contribution in [1.82, 2.24) is 15.0 Å². The highest BCUT2D eigenvalue weighted by atomic mass is 16.5. The van der Waals surface area contributed by atoms with Gasteiger partial charge < -0.3 is 15.2 Å². The number of rotatable bonds is 7. The van der Waals surface area contributed by atoms with E-state index in [1.54, 1.807) is 30.5 Å². The summed E-state index contributed by atoms with van der Waals surface area (Å²) in [4.78, 5) is 25.1. The molecule has 0 saturated carbocycles. The van der Waals surface area contributed by atoms with Gasteiger partial charge >= 0.3 is 0 Å². The Bertz CT molecular complexity index is 902. The summed E-state index contributed by atoms with van der Waals surface area (Å²) in [5.74, 6) is 1.04. The van der Waals surface area contributed by atoms with Crippen molar-refractivity contribution in [2.24, 2.45) is 0 Å². The third-order valence-electron chi connectivity index (χ3n) is 3.52. The van der Waals surface area contributed by atoms with E-state index in [1.165, 1.54) is 6.20 Å². The summed E-state index contributed by atoms with van der Waals surface area (Å²) in [6.07, 6.45) is 3.07. The maximum Gasteiger partial charge on any atom is 0.259 e. The number of anilines is 2. The Labute approximate surface area is 150 Å². The maximum absolute atomic E-state index is 12.3. The van der Waals surface area contributed by atoms with Gasteiger partial charge in [-0.15, -0.1) is 0 Å². The Morgan fingerprint density at radius 3 is 2.88 bits per heavy atom. The number of ether oxygens (including phenoxy) is 1. The molecular weight excluding hydrogens is 334 g/mol. The smallest absolute Gasteiger partial charge is 0.259 e. The largest absolute Gasteiger partial charge is 0.491 e. The predicted molar refractivity (Wildman–Crippen MR) is 98.5 cm³/mol. The number of carbonyl (C=O) groups excluding carboxylic acids is 1. The molecular formula is C18H19N5O3. The molecule has 0 atom stereocenters. The first-order valence-corrected chi connectivity index (χ1v) is 8.22. The van der Waals surface area contributed by atoms with Crippen LogP contribution in [0.25, 0.3) is 10.9 Å². The average Bonchev–Trinajstić information content (AvgIpc) is 2.67. The molecule has 3 N–H and O–H groups in total. The molecule has 8 nitrogen and oxygen atoms in total. The molecule has 0 aliphatic heterocycles. The summed E-state index contributed by atoms with van der Waals surface area (Å²) in [6, 6.07) is 8.72. The SMILES string of the molecule is CCNc1nc(NC(=O)c2cccnc2)nc2cc(OCCO)ccc12. The van der Waals surface area contributed by atoms with E-state index >= 15 is 0 Å². The molecule has 1 amide bonds. The van der Waals surface area contributed by atoms with Gasteiger partial charge in [-0.25, -0.2) is 4.98 Å². The summed E-state index contributed by atoms with van der Waals surface area (Å²) >= 11 is 0. The molecule has 2 heterocycles. The Morgan fingerprint density at radius 2 is 2.15 bits per heavy atom. The van der Waals surface area contributed by atoms with Gasteiger partial charge in [0, 0.05) is 30.4 Å². The second-order valence-electron chi connectivity index (χ2n) is 5.37. The molecule has 0 fully saturated rings. The second-order valence-corrected chi connectivity index (χ2v) is 5.37. The van der Waals surface area contributed by atoms with Crippen molar-refractivity contribution in [1.29, 1.82) is 0 Å². The summed E-state index contributed by atoms with van der Waals surface area (Å²) in [5.41, 5.74) is 1.04. The first-order chi connectivity index (χ1) is 12.7. The van der Waals surface area contributed by atoms with Crippen LogP contribution in [0.1, 0.15) is 17.3 Å². The molecule has 2 aromatic heterocycles. The number of pyridine rings is 1. The zero-order chi connectivity index (χ0) is 18.4. The molecule has 26 heavy (non-hydrogen) atoms. The fraction of sp³-hybridized carbons (Fsp3) is 0.222. The Balaban J connectivity index is 1.95. The number of benzene rings is 1. The number of fused-ring (bicyclic) bond motifs is 1. The van der Waals surface area contributed by atoms with Crippen LogP contribution in [0.2, 0.25) is 0 Å². The first kappa shape index (κ1) is 17.6. The zero-order valence-electron chi connectivity index (χ0n) is 14.3. The van der Waals surface area contributed by atoms with E-state index < -0.39 is 0 Å². The lowest BCUT2D eigenvalue weighted by atomic mass is 10.2. The maximum atomic E-state index is 12.3. The molecule has 0 aliphatic rings.